The van der Waals surface area contributed by atoms with Crippen LogP contribution in [0.5, 0.6) is 17.2 Å². The summed E-state index contributed by atoms with van der Waals surface area (Å²) in [6.45, 7) is -0.169. The maximum atomic E-state index is 12.6. The number of methoxy groups -OCH3 is 1. The molecule has 0 bridgehead atoms. The number of hydrogen-bond acceptors (Lipinski definition) is 6. The van der Waals surface area contributed by atoms with Crippen LogP contribution in [0.25, 0.3) is 21.9 Å². The Morgan fingerprint density at radius 3 is 2.64 bits per heavy atom. The van der Waals surface area contributed by atoms with E-state index in [9.17, 15) is 20.1 Å². The van der Waals surface area contributed by atoms with Crippen LogP contribution in [0, 0.1) is 0 Å². The van der Waals surface area contributed by atoms with Gasteiger partial charge in [-0.2, -0.15) is 0 Å². The summed E-state index contributed by atoms with van der Waals surface area (Å²) in [6, 6.07) is 5.78. The number of ether oxygens (including phenoxy) is 1. The summed E-state index contributed by atoms with van der Waals surface area (Å²) in [5.41, 5.74) is 0.298. The topological polar surface area (TPSA) is 100 Å². The maximum absolute atomic E-state index is 12.6. The van der Waals surface area contributed by atoms with Crippen LogP contribution in [-0.4, -0.2) is 29.0 Å². The lowest BCUT2D eigenvalue weighted by atomic mass is 10.0. The van der Waals surface area contributed by atoms with Gasteiger partial charge in [-0.05, 0) is 12.1 Å². The molecule has 0 amide bonds. The fraction of sp³-hybridized carbons (Fsp3) is 0.188. The Morgan fingerprint density at radius 1 is 1.18 bits per heavy atom. The highest BCUT2D eigenvalue weighted by atomic mass is 16.5. The molecule has 0 unspecified atom stereocenters. The minimum atomic E-state index is -0.534. The molecule has 3 rings (SSSR count). The van der Waals surface area contributed by atoms with Crippen LogP contribution in [0.4, 0.5) is 0 Å². The second kappa shape index (κ2) is 5.23. The Hall–Kier alpha value is -2.73. The van der Waals surface area contributed by atoms with Crippen LogP contribution in [0.2, 0.25) is 0 Å². The molecule has 2 aromatic carbocycles. The molecule has 3 N–H and O–H groups in total. The van der Waals surface area contributed by atoms with Gasteiger partial charge in [-0.25, -0.2) is 0 Å². The number of phenolic OH excluding ortho intramolecular Hbond substituents is 2. The largest absolute Gasteiger partial charge is 0.507 e. The number of fused-ring (bicyclic) bond motifs is 2. The molecule has 0 radical (unpaired) electrons. The monoisotopic (exact) mass is 302 g/mol. The quantitative estimate of drug-likeness (QED) is 0.639. The third-order valence-corrected chi connectivity index (χ3v) is 3.57. The van der Waals surface area contributed by atoms with Crippen molar-refractivity contribution in [1.82, 2.24) is 0 Å². The zero-order valence-corrected chi connectivity index (χ0v) is 11.8. The summed E-state index contributed by atoms with van der Waals surface area (Å²) in [5.74, 6) is -0.193. The minimum Gasteiger partial charge on any atom is -0.507 e. The van der Waals surface area contributed by atoms with Crippen molar-refractivity contribution in [2.75, 3.05) is 13.7 Å². The number of rotatable bonds is 3. The smallest absolute Gasteiger partial charge is 0.208 e. The van der Waals surface area contributed by atoms with Crippen molar-refractivity contribution in [1.29, 1.82) is 0 Å². The van der Waals surface area contributed by atoms with Crippen molar-refractivity contribution in [3.8, 4) is 17.2 Å². The van der Waals surface area contributed by atoms with Gasteiger partial charge in [0.05, 0.1) is 7.11 Å². The Labute approximate surface area is 124 Å². The first-order valence-electron chi connectivity index (χ1n) is 6.66. The van der Waals surface area contributed by atoms with E-state index in [0.29, 0.717) is 11.3 Å². The molecule has 1 aromatic heterocycles. The van der Waals surface area contributed by atoms with E-state index < -0.39 is 5.43 Å². The van der Waals surface area contributed by atoms with E-state index in [1.54, 1.807) is 12.1 Å². The fourth-order valence-electron chi connectivity index (χ4n) is 2.59. The van der Waals surface area contributed by atoms with E-state index in [1.165, 1.54) is 19.2 Å². The Bertz CT molecular complexity index is 925. The summed E-state index contributed by atoms with van der Waals surface area (Å²) in [7, 11) is 1.42. The second-order valence-corrected chi connectivity index (χ2v) is 4.84. The van der Waals surface area contributed by atoms with Crippen LogP contribution in [-0.2, 0) is 6.42 Å². The first kappa shape index (κ1) is 14.2. The molecule has 0 aliphatic rings. The SMILES string of the molecule is COc1cc(O)c2c(=O)c3c(O)cccc3oc2c1CCO. The van der Waals surface area contributed by atoms with Crippen LogP contribution in [0.15, 0.2) is 33.5 Å². The summed E-state index contributed by atoms with van der Waals surface area (Å²) in [4.78, 5) is 12.6. The van der Waals surface area contributed by atoms with Gasteiger partial charge >= 0.3 is 0 Å². The first-order valence-corrected chi connectivity index (χ1v) is 6.66. The number of aliphatic hydroxyl groups is 1. The number of phenols is 2. The van der Waals surface area contributed by atoms with Gasteiger partial charge in [-0.1, -0.05) is 6.07 Å². The van der Waals surface area contributed by atoms with Gasteiger partial charge in [0, 0.05) is 24.7 Å². The van der Waals surface area contributed by atoms with Gasteiger partial charge in [0.2, 0.25) is 5.43 Å². The highest BCUT2D eigenvalue weighted by Gasteiger charge is 2.20. The third-order valence-electron chi connectivity index (χ3n) is 3.57. The number of aliphatic hydroxyl groups excluding tert-OH is 1. The summed E-state index contributed by atoms with van der Waals surface area (Å²) >= 11 is 0. The van der Waals surface area contributed by atoms with E-state index in [0.717, 1.165) is 0 Å². The standard InChI is InChI=1S/C16H14O6/c1-21-12-7-10(19)14-15(20)13-9(18)3-2-4-11(13)22-16(14)8(12)5-6-17/h2-4,7,17-19H,5-6H2,1H3. The van der Waals surface area contributed by atoms with Crippen molar-refractivity contribution in [3.63, 3.8) is 0 Å². The Kier molecular flexibility index (Phi) is 3.38. The lowest BCUT2D eigenvalue weighted by molar-refractivity contribution is 0.296. The molecule has 0 saturated carbocycles. The highest BCUT2D eigenvalue weighted by molar-refractivity contribution is 5.97. The summed E-state index contributed by atoms with van der Waals surface area (Å²) < 4.78 is 10.9. The number of benzene rings is 2. The molecular formula is C16H14O6. The van der Waals surface area contributed by atoms with Gasteiger partial charge in [0.15, 0.2) is 0 Å². The zero-order chi connectivity index (χ0) is 15.9. The molecule has 0 aliphatic heterocycles. The second-order valence-electron chi connectivity index (χ2n) is 4.84. The van der Waals surface area contributed by atoms with Gasteiger partial charge in [-0.3, -0.25) is 4.79 Å². The maximum Gasteiger partial charge on any atom is 0.208 e. The molecule has 6 nitrogen and oxygen atoms in total. The third kappa shape index (κ3) is 1.96. The van der Waals surface area contributed by atoms with E-state index >= 15 is 0 Å². The average Bonchev–Trinajstić information content (AvgIpc) is 2.49. The molecule has 114 valence electrons. The molecule has 0 fully saturated rings. The van der Waals surface area contributed by atoms with E-state index in [-0.39, 0.29) is 46.5 Å². The predicted molar refractivity (Wildman–Crippen MR) is 80.7 cm³/mol. The van der Waals surface area contributed by atoms with Gasteiger partial charge in [-0.15, -0.1) is 0 Å². The lowest BCUT2D eigenvalue weighted by Crippen LogP contribution is -2.06. The molecule has 1 heterocycles. The molecule has 3 aromatic rings. The van der Waals surface area contributed by atoms with Crippen LogP contribution in [0.1, 0.15) is 5.56 Å². The van der Waals surface area contributed by atoms with E-state index in [2.05, 4.69) is 0 Å². The van der Waals surface area contributed by atoms with Gasteiger partial charge < -0.3 is 24.5 Å². The summed E-state index contributed by atoms with van der Waals surface area (Å²) in [5, 5.41) is 29.2. The van der Waals surface area contributed by atoms with Crippen molar-refractivity contribution in [3.05, 3.63) is 40.1 Å². The minimum absolute atomic E-state index is 0.00501. The first-order chi connectivity index (χ1) is 10.6. The molecule has 22 heavy (non-hydrogen) atoms. The molecule has 6 heteroatoms. The van der Waals surface area contributed by atoms with Crippen LogP contribution >= 0.6 is 0 Å². The molecule has 0 aliphatic carbocycles. The van der Waals surface area contributed by atoms with Crippen molar-refractivity contribution in [2.45, 2.75) is 6.42 Å². The lowest BCUT2D eigenvalue weighted by Gasteiger charge is -2.12. The van der Waals surface area contributed by atoms with Crippen LogP contribution < -0.4 is 10.2 Å². The number of aromatic hydroxyl groups is 2. The van der Waals surface area contributed by atoms with Gasteiger partial charge in [0.25, 0.3) is 0 Å². The Morgan fingerprint density at radius 2 is 1.95 bits per heavy atom. The van der Waals surface area contributed by atoms with Crippen molar-refractivity contribution < 1.29 is 24.5 Å². The van der Waals surface area contributed by atoms with Crippen LogP contribution in [0.3, 0.4) is 0 Å². The molecule has 0 atom stereocenters. The fourth-order valence-corrected chi connectivity index (χ4v) is 2.59. The zero-order valence-electron chi connectivity index (χ0n) is 11.8. The highest BCUT2D eigenvalue weighted by Crippen LogP contribution is 2.36. The number of hydrogen-bond donors (Lipinski definition) is 3. The predicted octanol–water partition coefficient (Wildman–Crippen LogP) is 1.90. The van der Waals surface area contributed by atoms with Crippen molar-refractivity contribution in [2.24, 2.45) is 0 Å². The van der Waals surface area contributed by atoms with Crippen molar-refractivity contribution >= 4 is 21.9 Å². The normalized spacial score (nSPS) is 11.2. The Balaban J connectivity index is 2.57. The van der Waals surface area contributed by atoms with Gasteiger partial charge in [0.1, 0.15) is 39.2 Å². The molecular weight excluding hydrogens is 288 g/mol. The average molecular weight is 302 g/mol. The summed E-state index contributed by atoms with van der Waals surface area (Å²) in [6.07, 6.45) is 0.202. The molecule has 0 saturated heterocycles. The molecule has 0 spiro atoms. The van der Waals surface area contributed by atoms with E-state index in [4.69, 9.17) is 9.15 Å². The van der Waals surface area contributed by atoms with E-state index in [1.807, 2.05) is 0 Å².